The number of hydrogen-bond donors (Lipinski definition) is 0. The summed E-state index contributed by atoms with van der Waals surface area (Å²) in [5.41, 5.74) is 0. The normalized spacial score (nSPS) is 9.25. The molecular weight excluding hydrogens is 240 g/mol. The average molecular weight is 241 g/mol. The SMILES string of the molecule is Clc1nnncc1I. The molecule has 1 aromatic heterocycles. The summed E-state index contributed by atoms with van der Waals surface area (Å²) in [4.78, 5) is 0. The van der Waals surface area contributed by atoms with Crippen molar-refractivity contribution in [1.29, 1.82) is 0 Å². The maximum absolute atomic E-state index is 5.49. The molecule has 0 aromatic carbocycles. The van der Waals surface area contributed by atoms with Crippen LogP contribution < -0.4 is 0 Å². The van der Waals surface area contributed by atoms with Crippen LogP contribution in [0.15, 0.2) is 6.20 Å². The summed E-state index contributed by atoms with van der Waals surface area (Å²) in [7, 11) is 0. The zero-order valence-electron chi connectivity index (χ0n) is 3.67. The van der Waals surface area contributed by atoms with Gasteiger partial charge in [0.15, 0.2) is 5.15 Å². The van der Waals surface area contributed by atoms with Gasteiger partial charge >= 0.3 is 0 Å². The van der Waals surface area contributed by atoms with Crippen molar-refractivity contribution in [2.45, 2.75) is 0 Å². The molecule has 0 aliphatic heterocycles. The van der Waals surface area contributed by atoms with Gasteiger partial charge in [0.2, 0.25) is 0 Å². The lowest BCUT2D eigenvalue weighted by molar-refractivity contribution is 0.858. The van der Waals surface area contributed by atoms with E-state index < -0.39 is 0 Å². The fourth-order valence-electron chi connectivity index (χ4n) is 0.243. The minimum absolute atomic E-state index is 0.403. The summed E-state index contributed by atoms with van der Waals surface area (Å²) in [6.45, 7) is 0. The summed E-state index contributed by atoms with van der Waals surface area (Å²) < 4.78 is 0.819. The van der Waals surface area contributed by atoms with Crippen molar-refractivity contribution in [3.8, 4) is 0 Å². The first-order valence-corrected chi connectivity index (χ1v) is 3.26. The maximum Gasteiger partial charge on any atom is 0.168 e. The molecule has 0 N–H and O–H groups in total. The van der Waals surface area contributed by atoms with Crippen LogP contribution in [0.3, 0.4) is 0 Å². The van der Waals surface area contributed by atoms with E-state index in [2.05, 4.69) is 15.4 Å². The summed E-state index contributed by atoms with van der Waals surface area (Å²) in [6.07, 6.45) is 1.55. The first-order valence-electron chi connectivity index (χ1n) is 1.80. The highest BCUT2D eigenvalue weighted by molar-refractivity contribution is 14.1. The van der Waals surface area contributed by atoms with E-state index in [4.69, 9.17) is 11.6 Å². The summed E-state index contributed by atoms with van der Waals surface area (Å²) >= 11 is 7.51. The largest absolute Gasteiger partial charge is 0.168 e. The monoisotopic (exact) mass is 241 g/mol. The molecule has 0 aliphatic carbocycles. The maximum atomic E-state index is 5.49. The summed E-state index contributed by atoms with van der Waals surface area (Å²) in [6, 6.07) is 0. The Morgan fingerprint density at radius 2 is 2.38 bits per heavy atom. The lowest BCUT2D eigenvalue weighted by Gasteiger charge is -1.85. The molecule has 0 saturated heterocycles. The van der Waals surface area contributed by atoms with Gasteiger partial charge in [0.1, 0.15) is 0 Å². The van der Waals surface area contributed by atoms with Crippen molar-refractivity contribution >= 4 is 34.2 Å². The molecule has 5 heteroatoms. The van der Waals surface area contributed by atoms with Crippen LogP contribution in [0.4, 0.5) is 0 Å². The minimum atomic E-state index is 0.403. The second kappa shape index (κ2) is 2.54. The molecule has 0 amide bonds. The molecular formula is C3HClIN3. The fraction of sp³-hybridized carbons (Fsp3) is 0. The van der Waals surface area contributed by atoms with Gasteiger partial charge in [-0.25, -0.2) is 0 Å². The van der Waals surface area contributed by atoms with E-state index in [1.54, 1.807) is 6.20 Å². The van der Waals surface area contributed by atoms with E-state index in [9.17, 15) is 0 Å². The number of aromatic nitrogens is 3. The van der Waals surface area contributed by atoms with Gasteiger partial charge in [-0.05, 0) is 27.8 Å². The highest BCUT2D eigenvalue weighted by Crippen LogP contribution is 2.10. The molecule has 0 aliphatic rings. The van der Waals surface area contributed by atoms with Crippen LogP contribution >= 0.6 is 34.2 Å². The average Bonchev–Trinajstić information content (AvgIpc) is 1.77. The Bertz CT molecular complexity index is 171. The van der Waals surface area contributed by atoms with E-state index in [0.717, 1.165) is 3.57 Å². The van der Waals surface area contributed by atoms with Crippen LogP contribution in [0.25, 0.3) is 0 Å². The first-order chi connectivity index (χ1) is 3.80. The van der Waals surface area contributed by atoms with Crippen molar-refractivity contribution in [2.75, 3.05) is 0 Å². The van der Waals surface area contributed by atoms with Gasteiger partial charge in [0.25, 0.3) is 0 Å². The smallest absolute Gasteiger partial charge is 0.138 e. The summed E-state index contributed by atoms with van der Waals surface area (Å²) in [5, 5.41) is 10.7. The predicted octanol–water partition coefficient (Wildman–Crippen LogP) is 1.13. The third-order valence-electron chi connectivity index (χ3n) is 0.552. The van der Waals surface area contributed by atoms with Gasteiger partial charge in [-0.1, -0.05) is 11.6 Å². The van der Waals surface area contributed by atoms with Gasteiger partial charge < -0.3 is 0 Å². The highest BCUT2D eigenvalue weighted by atomic mass is 127. The second-order valence-corrected chi connectivity index (χ2v) is 2.59. The molecule has 3 nitrogen and oxygen atoms in total. The molecule has 0 bridgehead atoms. The van der Waals surface area contributed by atoms with Crippen molar-refractivity contribution in [3.05, 3.63) is 14.9 Å². The summed E-state index contributed by atoms with van der Waals surface area (Å²) in [5.74, 6) is 0. The molecule has 8 heavy (non-hydrogen) atoms. The van der Waals surface area contributed by atoms with Crippen LogP contribution in [0.5, 0.6) is 0 Å². The van der Waals surface area contributed by atoms with Gasteiger partial charge in [-0.3, -0.25) is 0 Å². The Hall–Kier alpha value is 0.0300. The van der Waals surface area contributed by atoms with E-state index in [1.807, 2.05) is 22.6 Å². The van der Waals surface area contributed by atoms with Crippen LogP contribution in [0.1, 0.15) is 0 Å². The number of halogens is 2. The molecule has 0 saturated carbocycles. The van der Waals surface area contributed by atoms with Crippen LogP contribution in [0.2, 0.25) is 5.15 Å². The Labute approximate surface area is 64.6 Å². The molecule has 1 heterocycles. The molecule has 0 radical (unpaired) electrons. The standard InChI is InChI=1S/C3HClIN3/c4-3-2(5)1-6-8-7-3/h1H. The number of hydrogen-bond acceptors (Lipinski definition) is 3. The molecule has 0 fully saturated rings. The Kier molecular flexibility index (Phi) is 1.95. The van der Waals surface area contributed by atoms with Crippen molar-refractivity contribution < 1.29 is 0 Å². The molecule has 1 aromatic rings. The number of rotatable bonds is 0. The zero-order chi connectivity index (χ0) is 5.98. The van der Waals surface area contributed by atoms with E-state index >= 15 is 0 Å². The van der Waals surface area contributed by atoms with Crippen LogP contribution in [0, 0.1) is 3.57 Å². The van der Waals surface area contributed by atoms with Crippen molar-refractivity contribution in [3.63, 3.8) is 0 Å². The van der Waals surface area contributed by atoms with E-state index in [1.165, 1.54) is 0 Å². The van der Waals surface area contributed by atoms with Crippen molar-refractivity contribution in [1.82, 2.24) is 15.4 Å². The fourth-order valence-corrected chi connectivity index (χ4v) is 0.558. The van der Waals surface area contributed by atoms with Crippen molar-refractivity contribution in [2.24, 2.45) is 0 Å². The van der Waals surface area contributed by atoms with Gasteiger partial charge in [-0.15, -0.1) is 10.2 Å². The van der Waals surface area contributed by atoms with Gasteiger partial charge in [0.05, 0.1) is 9.77 Å². The lowest BCUT2D eigenvalue weighted by atomic mass is 10.7. The predicted molar refractivity (Wildman–Crippen MR) is 37.6 cm³/mol. The topological polar surface area (TPSA) is 38.7 Å². The van der Waals surface area contributed by atoms with Crippen LogP contribution in [-0.4, -0.2) is 15.4 Å². The van der Waals surface area contributed by atoms with E-state index in [-0.39, 0.29) is 0 Å². The third kappa shape index (κ3) is 1.25. The molecule has 42 valence electrons. The zero-order valence-corrected chi connectivity index (χ0v) is 6.59. The molecule has 1 rings (SSSR count). The third-order valence-corrected chi connectivity index (χ3v) is 1.94. The Morgan fingerprint density at radius 3 is 2.75 bits per heavy atom. The van der Waals surface area contributed by atoms with E-state index in [0.29, 0.717) is 5.15 Å². The highest BCUT2D eigenvalue weighted by Gasteiger charge is 1.93. The first kappa shape index (κ1) is 6.15. The Balaban J connectivity index is 3.13. The second-order valence-electron chi connectivity index (χ2n) is 1.07. The van der Waals surface area contributed by atoms with Crippen LogP contribution in [-0.2, 0) is 0 Å². The van der Waals surface area contributed by atoms with Gasteiger partial charge in [-0.2, -0.15) is 0 Å². The lowest BCUT2D eigenvalue weighted by Crippen LogP contribution is -1.87. The molecule has 0 spiro atoms. The Morgan fingerprint density at radius 1 is 1.62 bits per heavy atom. The minimum Gasteiger partial charge on any atom is -0.138 e. The molecule has 0 unspecified atom stereocenters. The number of nitrogens with zero attached hydrogens (tertiary/aromatic N) is 3. The quantitative estimate of drug-likeness (QED) is 0.639. The van der Waals surface area contributed by atoms with Gasteiger partial charge in [0, 0.05) is 0 Å². The molecule has 0 atom stereocenters.